The van der Waals surface area contributed by atoms with Crippen LogP contribution in [0.25, 0.3) is 0 Å². The van der Waals surface area contributed by atoms with Crippen LogP contribution in [0.4, 0.5) is 0 Å². The van der Waals surface area contributed by atoms with Crippen molar-refractivity contribution < 1.29 is 9.53 Å². The molecule has 1 amide bonds. The molecule has 0 aromatic rings. The molecule has 3 unspecified atom stereocenters. The first-order chi connectivity index (χ1) is 8.45. The molecule has 0 aromatic carbocycles. The van der Waals surface area contributed by atoms with Crippen LogP contribution in [0.1, 0.15) is 19.8 Å². The molecule has 104 valence electrons. The van der Waals surface area contributed by atoms with Crippen LogP contribution in [0.2, 0.25) is 0 Å². The number of carbonyl (C=O) groups is 1. The van der Waals surface area contributed by atoms with E-state index in [1.54, 1.807) is 0 Å². The van der Waals surface area contributed by atoms with Gasteiger partial charge < -0.3 is 20.3 Å². The van der Waals surface area contributed by atoms with Crippen molar-refractivity contribution in [3.05, 3.63) is 0 Å². The summed E-state index contributed by atoms with van der Waals surface area (Å²) in [6.45, 7) is 4.93. The van der Waals surface area contributed by atoms with E-state index < -0.39 is 5.41 Å². The largest absolute Gasteiger partial charge is 0.379 e. The Balaban J connectivity index is 2.04. The van der Waals surface area contributed by atoms with Crippen LogP contribution in [0.15, 0.2) is 0 Å². The molecule has 5 heteroatoms. The summed E-state index contributed by atoms with van der Waals surface area (Å²) in [7, 11) is 4.01. The molecule has 2 aliphatic heterocycles. The number of ether oxygens (including phenoxy) is 1. The predicted octanol–water partition coefficient (Wildman–Crippen LogP) is -0.0972. The van der Waals surface area contributed by atoms with Crippen LogP contribution < -0.4 is 5.73 Å². The Kier molecular flexibility index (Phi) is 3.94. The van der Waals surface area contributed by atoms with Crippen molar-refractivity contribution in [2.75, 3.05) is 40.4 Å². The zero-order valence-corrected chi connectivity index (χ0v) is 11.7. The minimum atomic E-state index is -0.551. The van der Waals surface area contributed by atoms with Crippen LogP contribution >= 0.6 is 0 Å². The van der Waals surface area contributed by atoms with E-state index in [4.69, 9.17) is 10.5 Å². The van der Waals surface area contributed by atoms with Crippen molar-refractivity contribution in [3.8, 4) is 0 Å². The van der Waals surface area contributed by atoms with Gasteiger partial charge in [0.25, 0.3) is 0 Å². The van der Waals surface area contributed by atoms with Crippen LogP contribution in [-0.2, 0) is 9.53 Å². The molecular formula is C13H25N3O2. The number of carbonyl (C=O) groups excluding carboxylic acids is 1. The van der Waals surface area contributed by atoms with Crippen LogP contribution in [0.5, 0.6) is 0 Å². The Labute approximate surface area is 109 Å². The molecular weight excluding hydrogens is 230 g/mol. The first-order valence-corrected chi connectivity index (χ1v) is 6.74. The van der Waals surface area contributed by atoms with E-state index in [9.17, 15) is 4.79 Å². The lowest BCUT2D eigenvalue weighted by molar-refractivity contribution is -0.143. The normalized spacial score (nSPS) is 37.8. The molecule has 2 saturated heterocycles. The molecule has 0 aromatic heterocycles. The molecule has 2 rings (SSSR count). The highest BCUT2D eigenvalue weighted by Crippen LogP contribution is 2.30. The molecule has 3 atom stereocenters. The van der Waals surface area contributed by atoms with E-state index in [0.717, 1.165) is 25.9 Å². The number of likely N-dealkylation sites (N-methyl/N-ethyl adjacent to an activating group) is 2. The Hall–Kier alpha value is -0.650. The predicted molar refractivity (Wildman–Crippen MR) is 70.2 cm³/mol. The number of hydrogen-bond donors (Lipinski definition) is 1. The third-order valence-corrected chi connectivity index (χ3v) is 4.47. The number of nitrogens with two attached hydrogens (primary N) is 1. The van der Waals surface area contributed by atoms with Gasteiger partial charge in [0.15, 0.2) is 0 Å². The minimum absolute atomic E-state index is 0.132. The Morgan fingerprint density at radius 2 is 2.28 bits per heavy atom. The summed E-state index contributed by atoms with van der Waals surface area (Å²) in [6.07, 6.45) is 2.23. The zero-order valence-electron chi connectivity index (χ0n) is 11.7. The molecule has 0 aliphatic carbocycles. The maximum atomic E-state index is 12.6. The second kappa shape index (κ2) is 5.15. The monoisotopic (exact) mass is 255 g/mol. The SMILES string of the molecule is CN1CCCC(N(C)C(=O)C2(C)COCC2N)C1. The fourth-order valence-electron chi connectivity index (χ4n) is 2.93. The van der Waals surface area contributed by atoms with Crippen molar-refractivity contribution in [3.63, 3.8) is 0 Å². The summed E-state index contributed by atoms with van der Waals surface area (Å²) < 4.78 is 5.37. The molecule has 2 fully saturated rings. The Morgan fingerprint density at radius 3 is 2.83 bits per heavy atom. The van der Waals surface area contributed by atoms with Gasteiger partial charge >= 0.3 is 0 Å². The summed E-state index contributed by atoms with van der Waals surface area (Å²) in [4.78, 5) is 16.8. The minimum Gasteiger partial charge on any atom is -0.379 e. The van der Waals surface area contributed by atoms with Crippen LogP contribution in [-0.4, -0.2) is 68.2 Å². The lowest BCUT2D eigenvalue weighted by atomic mass is 9.83. The Morgan fingerprint density at radius 1 is 1.56 bits per heavy atom. The van der Waals surface area contributed by atoms with Gasteiger partial charge in [-0.1, -0.05) is 0 Å². The van der Waals surface area contributed by atoms with E-state index in [0.29, 0.717) is 19.3 Å². The third-order valence-electron chi connectivity index (χ3n) is 4.47. The molecule has 0 spiro atoms. The number of nitrogens with zero attached hydrogens (tertiary/aromatic N) is 2. The zero-order chi connectivity index (χ0) is 13.3. The highest BCUT2D eigenvalue weighted by atomic mass is 16.5. The lowest BCUT2D eigenvalue weighted by Crippen LogP contribution is -2.55. The van der Waals surface area contributed by atoms with Crippen molar-refractivity contribution in [2.24, 2.45) is 11.1 Å². The standard InChI is InChI=1S/C13H25N3O2/c1-13(9-18-8-11(13)14)12(17)16(3)10-5-4-6-15(2)7-10/h10-11H,4-9,14H2,1-3H3. The van der Waals surface area contributed by atoms with Gasteiger partial charge in [-0.05, 0) is 33.4 Å². The number of rotatable bonds is 2. The molecule has 5 nitrogen and oxygen atoms in total. The van der Waals surface area contributed by atoms with Crippen molar-refractivity contribution >= 4 is 5.91 Å². The fourth-order valence-corrected chi connectivity index (χ4v) is 2.93. The fraction of sp³-hybridized carbons (Fsp3) is 0.923. The maximum Gasteiger partial charge on any atom is 0.232 e. The van der Waals surface area contributed by atoms with E-state index in [2.05, 4.69) is 11.9 Å². The van der Waals surface area contributed by atoms with Gasteiger partial charge in [-0.2, -0.15) is 0 Å². The molecule has 0 bridgehead atoms. The summed E-state index contributed by atoms with van der Waals surface area (Å²) in [5.41, 5.74) is 5.48. The van der Waals surface area contributed by atoms with E-state index in [-0.39, 0.29) is 11.9 Å². The van der Waals surface area contributed by atoms with Crippen LogP contribution in [0.3, 0.4) is 0 Å². The Bertz CT molecular complexity index is 323. The van der Waals surface area contributed by atoms with Crippen molar-refractivity contribution in [1.29, 1.82) is 0 Å². The molecule has 2 aliphatic rings. The lowest BCUT2D eigenvalue weighted by Gasteiger charge is -2.39. The number of likely N-dealkylation sites (tertiary alicyclic amines) is 1. The second-order valence-corrected chi connectivity index (χ2v) is 6.01. The summed E-state index contributed by atoms with van der Waals surface area (Å²) in [5.74, 6) is 0.132. The van der Waals surface area contributed by atoms with Gasteiger partial charge in [-0.15, -0.1) is 0 Å². The van der Waals surface area contributed by atoms with E-state index in [1.165, 1.54) is 0 Å². The van der Waals surface area contributed by atoms with Crippen LogP contribution in [0, 0.1) is 5.41 Å². The summed E-state index contributed by atoms with van der Waals surface area (Å²) in [6, 6.07) is 0.120. The number of amides is 1. The second-order valence-electron chi connectivity index (χ2n) is 6.01. The van der Waals surface area contributed by atoms with Gasteiger partial charge in [0, 0.05) is 25.7 Å². The molecule has 0 saturated carbocycles. The molecule has 18 heavy (non-hydrogen) atoms. The van der Waals surface area contributed by atoms with Gasteiger partial charge in [0.05, 0.1) is 18.6 Å². The third kappa shape index (κ3) is 2.39. The molecule has 2 heterocycles. The van der Waals surface area contributed by atoms with Gasteiger partial charge in [-0.3, -0.25) is 4.79 Å². The number of piperidine rings is 1. The summed E-state index contributed by atoms with van der Waals surface area (Å²) in [5, 5.41) is 0. The highest BCUT2D eigenvalue weighted by molar-refractivity contribution is 5.83. The average Bonchev–Trinajstić information content (AvgIpc) is 2.69. The average molecular weight is 255 g/mol. The van der Waals surface area contributed by atoms with E-state index >= 15 is 0 Å². The molecule has 2 N–H and O–H groups in total. The topological polar surface area (TPSA) is 58.8 Å². The smallest absolute Gasteiger partial charge is 0.232 e. The van der Waals surface area contributed by atoms with Gasteiger partial charge in [-0.25, -0.2) is 0 Å². The van der Waals surface area contributed by atoms with Crippen molar-refractivity contribution in [2.45, 2.75) is 31.8 Å². The first kappa shape index (κ1) is 13.8. The summed E-state index contributed by atoms with van der Waals surface area (Å²) >= 11 is 0. The maximum absolute atomic E-state index is 12.6. The van der Waals surface area contributed by atoms with Gasteiger partial charge in [0.2, 0.25) is 5.91 Å². The van der Waals surface area contributed by atoms with Crippen molar-refractivity contribution in [1.82, 2.24) is 9.80 Å². The molecule has 0 radical (unpaired) electrons. The first-order valence-electron chi connectivity index (χ1n) is 6.74. The van der Waals surface area contributed by atoms with E-state index in [1.807, 2.05) is 18.9 Å². The highest BCUT2D eigenvalue weighted by Gasteiger charge is 2.46. The number of hydrogen-bond acceptors (Lipinski definition) is 4. The quantitative estimate of drug-likeness (QED) is 0.749. The van der Waals surface area contributed by atoms with Gasteiger partial charge in [0.1, 0.15) is 0 Å².